The zero-order valence-corrected chi connectivity index (χ0v) is 11.4. The molecule has 5 heteroatoms. The summed E-state index contributed by atoms with van der Waals surface area (Å²) in [5, 5.41) is 10.7. The highest BCUT2D eigenvalue weighted by Gasteiger charge is 2.13. The zero-order chi connectivity index (χ0) is 12.6. The van der Waals surface area contributed by atoms with Gasteiger partial charge in [0.2, 0.25) is 0 Å². The van der Waals surface area contributed by atoms with Gasteiger partial charge in [0.1, 0.15) is 5.75 Å². The molecule has 88 valence electrons. The smallest absolute Gasteiger partial charge is 0.117 e. The van der Waals surface area contributed by atoms with E-state index in [4.69, 9.17) is 46.4 Å². The Morgan fingerprint density at radius 1 is 0.706 bits per heavy atom. The van der Waals surface area contributed by atoms with E-state index in [-0.39, 0.29) is 10.8 Å². The standard InChI is InChI=1S/C12H6Cl4O/c13-9-4-3-8(11(15)12(9)16)7-2-1-6(17)5-10(7)14/h1-5,17H. The summed E-state index contributed by atoms with van der Waals surface area (Å²) in [4.78, 5) is 0. The first-order valence-electron chi connectivity index (χ1n) is 4.63. The second-order valence-electron chi connectivity index (χ2n) is 3.39. The van der Waals surface area contributed by atoms with Gasteiger partial charge in [-0.25, -0.2) is 0 Å². The summed E-state index contributed by atoms with van der Waals surface area (Å²) < 4.78 is 0. The Kier molecular flexibility index (Phi) is 3.74. The van der Waals surface area contributed by atoms with Crippen molar-refractivity contribution in [2.45, 2.75) is 0 Å². The van der Waals surface area contributed by atoms with Gasteiger partial charge in [-0.3, -0.25) is 0 Å². The highest BCUT2D eigenvalue weighted by molar-refractivity contribution is 6.49. The van der Waals surface area contributed by atoms with Gasteiger partial charge in [0, 0.05) is 11.1 Å². The molecule has 2 aromatic carbocycles. The molecule has 2 aromatic rings. The molecular weight excluding hydrogens is 302 g/mol. The molecule has 0 bridgehead atoms. The molecule has 0 aromatic heterocycles. The van der Waals surface area contributed by atoms with Crippen LogP contribution in [0.25, 0.3) is 11.1 Å². The number of halogens is 4. The van der Waals surface area contributed by atoms with Gasteiger partial charge in [-0.2, -0.15) is 0 Å². The minimum absolute atomic E-state index is 0.0925. The monoisotopic (exact) mass is 306 g/mol. The van der Waals surface area contributed by atoms with Crippen molar-refractivity contribution in [3.63, 3.8) is 0 Å². The molecule has 0 saturated heterocycles. The Labute approximate surface area is 118 Å². The Morgan fingerprint density at radius 2 is 1.35 bits per heavy atom. The number of rotatable bonds is 1. The largest absolute Gasteiger partial charge is 0.508 e. The quantitative estimate of drug-likeness (QED) is 0.673. The topological polar surface area (TPSA) is 20.2 Å². The highest BCUT2D eigenvalue weighted by atomic mass is 35.5. The van der Waals surface area contributed by atoms with Crippen molar-refractivity contribution >= 4 is 46.4 Å². The predicted octanol–water partition coefficient (Wildman–Crippen LogP) is 5.67. The van der Waals surface area contributed by atoms with Crippen LogP contribution in [0.15, 0.2) is 30.3 Å². The summed E-state index contributed by atoms with van der Waals surface area (Å²) in [6, 6.07) is 8.02. The molecule has 0 unspecified atom stereocenters. The lowest BCUT2D eigenvalue weighted by molar-refractivity contribution is 0.475. The molecule has 1 N–H and O–H groups in total. The molecule has 0 heterocycles. The van der Waals surface area contributed by atoms with E-state index >= 15 is 0 Å². The van der Waals surface area contributed by atoms with Gasteiger partial charge in [-0.1, -0.05) is 52.5 Å². The van der Waals surface area contributed by atoms with Crippen LogP contribution >= 0.6 is 46.4 Å². The third-order valence-corrected chi connectivity index (χ3v) is 3.88. The van der Waals surface area contributed by atoms with E-state index in [1.165, 1.54) is 12.1 Å². The van der Waals surface area contributed by atoms with E-state index in [0.717, 1.165) is 0 Å². The lowest BCUT2D eigenvalue weighted by Gasteiger charge is -2.09. The lowest BCUT2D eigenvalue weighted by Crippen LogP contribution is -1.83. The van der Waals surface area contributed by atoms with Crippen molar-refractivity contribution in [1.29, 1.82) is 0 Å². The second kappa shape index (κ2) is 4.95. The number of benzene rings is 2. The molecule has 2 rings (SSSR count). The van der Waals surface area contributed by atoms with Crippen LogP contribution in [-0.4, -0.2) is 5.11 Å². The summed E-state index contributed by atoms with van der Waals surface area (Å²) in [5.74, 6) is 0.0925. The molecule has 0 amide bonds. The van der Waals surface area contributed by atoms with E-state index in [1.54, 1.807) is 18.2 Å². The highest BCUT2D eigenvalue weighted by Crippen LogP contribution is 2.40. The van der Waals surface area contributed by atoms with Crippen molar-refractivity contribution in [2.24, 2.45) is 0 Å². The lowest BCUT2D eigenvalue weighted by atomic mass is 10.1. The first-order valence-corrected chi connectivity index (χ1v) is 6.14. The SMILES string of the molecule is Oc1ccc(-c2ccc(Cl)c(Cl)c2Cl)c(Cl)c1. The Morgan fingerprint density at radius 3 is 2.00 bits per heavy atom. The summed E-state index contributed by atoms with van der Waals surface area (Å²) in [5.41, 5.74) is 1.36. The van der Waals surface area contributed by atoms with Crippen LogP contribution in [-0.2, 0) is 0 Å². The van der Waals surface area contributed by atoms with Gasteiger partial charge in [0.25, 0.3) is 0 Å². The molecular formula is C12H6Cl4O. The Hall–Kier alpha value is -0.600. The summed E-state index contributed by atoms with van der Waals surface area (Å²) in [7, 11) is 0. The molecule has 17 heavy (non-hydrogen) atoms. The third-order valence-electron chi connectivity index (χ3n) is 2.28. The normalized spacial score (nSPS) is 10.6. The molecule has 0 spiro atoms. The number of hydrogen-bond acceptors (Lipinski definition) is 1. The first kappa shape index (κ1) is 12.8. The molecule has 1 nitrogen and oxygen atoms in total. The van der Waals surface area contributed by atoms with Crippen LogP contribution < -0.4 is 0 Å². The van der Waals surface area contributed by atoms with Crippen LogP contribution in [0.1, 0.15) is 0 Å². The summed E-state index contributed by atoms with van der Waals surface area (Å²) in [6.45, 7) is 0. The fraction of sp³-hybridized carbons (Fsp3) is 0. The van der Waals surface area contributed by atoms with E-state index < -0.39 is 0 Å². The van der Waals surface area contributed by atoms with E-state index in [0.29, 0.717) is 26.2 Å². The maximum Gasteiger partial charge on any atom is 0.117 e. The van der Waals surface area contributed by atoms with Gasteiger partial charge in [0.05, 0.1) is 20.1 Å². The first-order chi connectivity index (χ1) is 8.00. The number of phenolic OH excluding ortho intramolecular Hbond substituents is 1. The maximum atomic E-state index is 9.29. The van der Waals surface area contributed by atoms with Gasteiger partial charge in [-0.15, -0.1) is 0 Å². The average molecular weight is 308 g/mol. The number of hydrogen-bond donors (Lipinski definition) is 1. The molecule has 0 aliphatic rings. The summed E-state index contributed by atoms with van der Waals surface area (Å²) >= 11 is 23.9. The van der Waals surface area contributed by atoms with Crippen molar-refractivity contribution in [1.82, 2.24) is 0 Å². The minimum Gasteiger partial charge on any atom is -0.508 e. The van der Waals surface area contributed by atoms with Crippen molar-refractivity contribution in [3.05, 3.63) is 50.4 Å². The van der Waals surface area contributed by atoms with Crippen LogP contribution in [0.2, 0.25) is 20.1 Å². The van der Waals surface area contributed by atoms with Crippen LogP contribution in [0.5, 0.6) is 5.75 Å². The fourth-order valence-corrected chi connectivity index (χ4v) is 2.37. The van der Waals surface area contributed by atoms with Crippen molar-refractivity contribution in [2.75, 3.05) is 0 Å². The van der Waals surface area contributed by atoms with Gasteiger partial charge < -0.3 is 5.11 Å². The number of aromatic hydroxyl groups is 1. The number of phenols is 1. The molecule has 0 aliphatic carbocycles. The van der Waals surface area contributed by atoms with Crippen LogP contribution in [0.4, 0.5) is 0 Å². The summed E-state index contributed by atoms with van der Waals surface area (Å²) in [6.07, 6.45) is 0. The zero-order valence-electron chi connectivity index (χ0n) is 8.35. The molecule has 0 fully saturated rings. The molecule has 0 radical (unpaired) electrons. The van der Waals surface area contributed by atoms with Gasteiger partial charge in [0.15, 0.2) is 0 Å². The Bertz CT molecular complexity index is 581. The van der Waals surface area contributed by atoms with Crippen molar-refractivity contribution < 1.29 is 5.11 Å². The Balaban J connectivity index is 2.65. The second-order valence-corrected chi connectivity index (χ2v) is 4.96. The van der Waals surface area contributed by atoms with E-state index in [9.17, 15) is 5.11 Å². The van der Waals surface area contributed by atoms with E-state index in [2.05, 4.69) is 0 Å². The van der Waals surface area contributed by atoms with E-state index in [1.807, 2.05) is 0 Å². The fourth-order valence-electron chi connectivity index (χ4n) is 1.46. The van der Waals surface area contributed by atoms with Gasteiger partial charge in [-0.05, 0) is 24.3 Å². The minimum atomic E-state index is 0.0925. The molecule has 0 atom stereocenters. The van der Waals surface area contributed by atoms with Crippen LogP contribution in [0.3, 0.4) is 0 Å². The maximum absolute atomic E-state index is 9.29. The predicted molar refractivity (Wildman–Crippen MR) is 73.6 cm³/mol. The average Bonchev–Trinajstić information content (AvgIpc) is 2.28. The third kappa shape index (κ3) is 2.48. The van der Waals surface area contributed by atoms with Crippen LogP contribution in [0, 0.1) is 0 Å². The van der Waals surface area contributed by atoms with Gasteiger partial charge >= 0.3 is 0 Å². The van der Waals surface area contributed by atoms with Crippen molar-refractivity contribution in [3.8, 4) is 16.9 Å². The molecule has 0 saturated carbocycles. The molecule has 0 aliphatic heterocycles.